The number of nitrogen functional groups attached to an aromatic ring is 2. The van der Waals surface area contributed by atoms with E-state index in [4.69, 9.17) is 57.9 Å². The van der Waals surface area contributed by atoms with Gasteiger partial charge in [0.1, 0.15) is 30.3 Å². The minimum absolute atomic E-state index is 0.0177. The second-order valence-corrected chi connectivity index (χ2v) is 16.5. The Kier molecular flexibility index (Phi) is 7.61. The first-order valence-electron chi connectivity index (χ1n) is 13.5. The molecule has 22 heteroatoms. The molecule has 7 N–H and O–H groups in total. The Morgan fingerprint density at radius 3 is 2.52 bits per heavy atom. The second kappa shape index (κ2) is 11.1. The van der Waals surface area contributed by atoms with Gasteiger partial charge in [-0.2, -0.15) is 4.98 Å². The predicted octanol–water partition coefficient (Wildman–Crippen LogP) is 0.717. The molecule has 6 heterocycles. The highest BCUT2D eigenvalue weighted by molar-refractivity contribution is 8.07. The van der Waals surface area contributed by atoms with E-state index in [-0.39, 0.29) is 55.0 Å². The number of hydrogen-bond donors (Lipinski definition) is 5. The monoisotopic (exact) mass is 686 g/mol. The van der Waals surface area contributed by atoms with Gasteiger partial charge in [0, 0.05) is 17.9 Å². The molecule has 3 aliphatic rings. The molecule has 0 bridgehead atoms. The van der Waals surface area contributed by atoms with Crippen LogP contribution in [0.1, 0.15) is 25.6 Å². The van der Waals surface area contributed by atoms with Crippen molar-refractivity contribution in [3.8, 4) is 0 Å². The van der Waals surface area contributed by atoms with Crippen LogP contribution in [0.5, 0.6) is 0 Å². The molecule has 1 saturated carbocycles. The van der Waals surface area contributed by atoms with Gasteiger partial charge in [0.25, 0.3) is 5.56 Å². The number of imidazole rings is 2. The van der Waals surface area contributed by atoms with Crippen molar-refractivity contribution in [2.75, 3.05) is 31.3 Å². The van der Waals surface area contributed by atoms with E-state index < -0.39 is 43.4 Å². The zero-order valence-corrected chi connectivity index (χ0v) is 26.4. The summed E-state index contributed by atoms with van der Waals surface area (Å²) in [5.74, 6) is -0.739. The van der Waals surface area contributed by atoms with Gasteiger partial charge in [-0.1, -0.05) is 6.92 Å². The summed E-state index contributed by atoms with van der Waals surface area (Å²) in [4.78, 5) is 57.9. The van der Waals surface area contributed by atoms with Crippen LogP contribution in [0.25, 0.3) is 22.3 Å². The Morgan fingerprint density at radius 1 is 0.977 bits per heavy atom. The van der Waals surface area contributed by atoms with Gasteiger partial charge in [-0.05, 0) is 36.0 Å². The van der Waals surface area contributed by atoms with Gasteiger partial charge >= 0.3 is 13.4 Å². The highest BCUT2D eigenvalue weighted by Crippen LogP contribution is 2.56. The Hall–Kier alpha value is -2.48. The smallest absolute Gasteiger partial charge is 0.324 e. The Labute approximate surface area is 258 Å². The van der Waals surface area contributed by atoms with E-state index in [1.807, 2.05) is 6.92 Å². The third-order valence-corrected chi connectivity index (χ3v) is 11.4. The zero-order chi connectivity index (χ0) is 31.0. The number of rotatable bonds is 2. The minimum atomic E-state index is -3.80. The first kappa shape index (κ1) is 30.2. The number of nitrogens with two attached hydrogens (primary N) is 2. The van der Waals surface area contributed by atoms with Crippen LogP contribution in [0, 0.1) is 17.8 Å². The molecule has 2 saturated heterocycles. The summed E-state index contributed by atoms with van der Waals surface area (Å²) in [6.07, 6.45) is 2.55. The molecule has 1 aliphatic carbocycles. The molecule has 0 amide bonds. The van der Waals surface area contributed by atoms with E-state index in [0.717, 1.165) is 0 Å². The molecule has 236 valence electrons. The number of nitrogens with one attached hydrogen (secondary N) is 1. The molecule has 18 nitrogen and oxygen atoms in total. The number of hydrogen-bond acceptors (Lipinski definition) is 15. The first-order valence-corrected chi connectivity index (χ1v) is 18.7. The lowest BCUT2D eigenvalue weighted by Gasteiger charge is -2.45. The van der Waals surface area contributed by atoms with Crippen LogP contribution in [0.2, 0.25) is 0 Å². The number of anilines is 2. The summed E-state index contributed by atoms with van der Waals surface area (Å²) < 4.78 is 33.1. The van der Waals surface area contributed by atoms with E-state index in [1.165, 1.54) is 19.0 Å². The number of nitrogens with zero attached hydrogens (tertiary/aromatic N) is 7. The fourth-order valence-corrected chi connectivity index (χ4v) is 8.73. The molecular formula is C22H28N10O8P2S2. The molecule has 0 spiro atoms. The molecule has 7 rings (SSSR count). The topological polar surface area (TPSA) is 246 Å². The van der Waals surface area contributed by atoms with Crippen molar-refractivity contribution >= 4 is 71.1 Å². The van der Waals surface area contributed by atoms with Crippen LogP contribution < -0.4 is 17.0 Å². The number of H-pyrrole nitrogens is 1. The van der Waals surface area contributed by atoms with Gasteiger partial charge in [0.15, 0.2) is 22.6 Å². The summed E-state index contributed by atoms with van der Waals surface area (Å²) in [5, 5.41) is 0. The fourth-order valence-electron chi connectivity index (χ4n) is 6.04. The molecule has 0 aromatic carbocycles. The van der Waals surface area contributed by atoms with Gasteiger partial charge in [-0.3, -0.25) is 14.3 Å². The van der Waals surface area contributed by atoms with Crippen LogP contribution in [0.4, 0.5) is 11.8 Å². The van der Waals surface area contributed by atoms with Crippen molar-refractivity contribution < 1.29 is 32.6 Å². The molecule has 44 heavy (non-hydrogen) atoms. The van der Waals surface area contributed by atoms with Gasteiger partial charge < -0.3 is 48.7 Å². The van der Waals surface area contributed by atoms with E-state index in [0.29, 0.717) is 23.2 Å². The van der Waals surface area contributed by atoms with Crippen LogP contribution in [-0.2, 0) is 46.4 Å². The molecule has 9 atom stereocenters. The van der Waals surface area contributed by atoms with Crippen molar-refractivity contribution in [1.82, 2.24) is 39.0 Å². The minimum Gasteiger partial charge on any atom is -0.382 e. The van der Waals surface area contributed by atoms with E-state index in [2.05, 4.69) is 29.9 Å². The van der Waals surface area contributed by atoms with Gasteiger partial charge in [0.05, 0.1) is 32.5 Å². The Morgan fingerprint density at radius 2 is 1.70 bits per heavy atom. The molecule has 2 aliphatic heterocycles. The second-order valence-electron chi connectivity index (χ2n) is 10.9. The lowest BCUT2D eigenvalue weighted by atomic mass is 9.70. The van der Waals surface area contributed by atoms with E-state index in [9.17, 15) is 14.6 Å². The van der Waals surface area contributed by atoms with Gasteiger partial charge in [-0.15, -0.1) is 0 Å². The van der Waals surface area contributed by atoms with Crippen LogP contribution in [0.15, 0.2) is 23.8 Å². The van der Waals surface area contributed by atoms with Crippen LogP contribution in [0.3, 0.4) is 0 Å². The molecule has 0 radical (unpaired) electrons. The van der Waals surface area contributed by atoms with Crippen LogP contribution >= 0.6 is 13.4 Å². The predicted molar refractivity (Wildman–Crippen MR) is 162 cm³/mol. The maximum absolute atomic E-state index is 12.3. The molecule has 3 fully saturated rings. The highest BCUT2D eigenvalue weighted by atomic mass is 32.5. The number of ether oxygens (including phenoxy) is 1. The van der Waals surface area contributed by atoms with Crippen molar-refractivity contribution in [3.63, 3.8) is 0 Å². The first-order chi connectivity index (χ1) is 20.9. The van der Waals surface area contributed by atoms with Crippen molar-refractivity contribution in [2.24, 2.45) is 17.8 Å². The fraction of sp³-hybridized carbons (Fsp3) is 0.545. The Bertz CT molecular complexity index is 1910. The largest absolute Gasteiger partial charge is 0.382 e. The molecule has 2 unspecified atom stereocenters. The summed E-state index contributed by atoms with van der Waals surface area (Å²) in [7, 11) is 0. The maximum Gasteiger partial charge on any atom is 0.324 e. The third-order valence-electron chi connectivity index (χ3n) is 8.30. The standard InChI is InChI=1S/C22H28N10O8P2S2/c1-9-16-13(39-21(9)32-8-27-14-17(23)25-6-26-18(14)32)5-38-41(34,43)37-4-11-10(3-36-42(35,44)40-16)2-12(11)31-7-28-15-19(31)29-22(24)30-20(15)33/h6-13,16,21H,2-5H2,1H3,(H,34,43)(H,35,44)(H2,23,25,26)(H3,24,29,30,33)/t9-,10-,11-,12-,13-,16+,21-,41?,42?/m1/s1. The average Bonchev–Trinajstić information content (AvgIpc) is 3.63. The van der Waals surface area contributed by atoms with Gasteiger partial charge in [0.2, 0.25) is 5.95 Å². The van der Waals surface area contributed by atoms with Crippen molar-refractivity contribution in [3.05, 3.63) is 29.3 Å². The average molecular weight is 687 g/mol. The summed E-state index contributed by atoms with van der Waals surface area (Å²) in [6, 6.07) is -0.258. The normalized spacial score (nSPS) is 36.6. The summed E-state index contributed by atoms with van der Waals surface area (Å²) >= 11 is 10.8. The molecular weight excluding hydrogens is 658 g/mol. The van der Waals surface area contributed by atoms with Crippen LogP contribution in [-0.4, -0.2) is 80.9 Å². The zero-order valence-electron chi connectivity index (χ0n) is 22.9. The number of fused-ring (bicyclic) bond motifs is 4. The summed E-state index contributed by atoms with van der Waals surface area (Å²) in [5.41, 5.74) is 12.6. The van der Waals surface area contributed by atoms with Crippen molar-refractivity contribution in [1.29, 1.82) is 0 Å². The lowest BCUT2D eigenvalue weighted by molar-refractivity contribution is -0.0409. The quantitative estimate of drug-likeness (QED) is 0.182. The molecule has 4 aromatic rings. The van der Waals surface area contributed by atoms with Crippen molar-refractivity contribution in [2.45, 2.75) is 37.8 Å². The maximum atomic E-state index is 12.3. The number of aromatic amines is 1. The molecule has 4 aromatic heterocycles. The SMILES string of the molecule is C[C@@H]1[C@@H]2OP(O)(=S)OC[C@H]3C[C@@H](n4cnc5c(=O)[nH]c(N)nc54)[C@@H]3COP(O)(=S)OC[C@H]2O[C@H]1n1cnc2c(N)ncnc21. The highest BCUT2D eigenvalue weighted by Gasteiger charge is 2.49. The lowest BCUT2D eigenvalue weighted by Crippen LogP contribution is -2.43. The van der Waals surface area contributed by atoms with E-state index in [1.54, 1.807) is 9.13 Å². The van der Waals surface area contributed by atoms with E-state index >= 15 is 0 Å². The van der Waals surface area contributed by atoms with Gasteiger partial charge in [-0.25, -0.2) is 19.9 Å². The third kappa shape index (κ3) is 5.37. The Balaban J connectivity index is 1.14. The summed E-state index contributed by atoms with van der Waals surface area (Å²) in [6.45, 7) is -5.93. The number of aromatic nitrogens is 8.